The van der Waals surface area contributed by atoms with E-state index in [1.165, 1.54) is 51.4 Å². The molecule has 1 aromatic carbocycles. The van der Waals surface area contributed by atoms with Gasteiger partial charge in [-0.3, -0.25) is 4.79 Å². The summed E-state index contributed by atoms with van der Waals surface area (Å²) in [6, 6.07) is 7.62. The zero-order chi connectivity index (χ0) is 16.5. The Morgan fingerprint density at radius 3 is 2.26 bits per heavy atom. The van der Waals surface area contributed by atoms with E-state index in [4.69, 9.17) is 4.74 Å². The lowest BCUT2D eigenvalue weighted by atomic mass is 9.77. The molecule has 2 heteroatoms. The van der Waals surface area contributed by atoms with Crippen molar-refractivity contribution in [1.29, 1.82) is 0 Å². The van der Waals surface area contributed by atoms with Gasteiger partial charge in [-0.05, 0) is 55.9 Å². The van der Waals surface area contributed by atoms with Gasteiger partial charge in [0.25, 0.3) is 0 Å². The quantitative estimate of drug-likeness (QED) is 0.410. The van der Waals surface area contributed by atoms with Crippen LogP contribution in [0.4, 0.5) is 0 Å². The van der Waals surface area contributed by atoms with Crippen LogP contribution in [0.1, 0.15) is 82.0 Å². The Hall–Kier alpha value is -1.31. The molecule has 128 valence electrons. The van der Waals surface area contributed by atoms with Gasteiger partial charge in [0.15, 0.2) is 5.78 Å². The molecule has 1 saturated carbocycles. The third-order valence-corrected chi connectivity index (χ3v) is 5.14. The Morgan fingerprint density at radius 1 is 1.00 bits per heavy atom. The summed E-state index contributed by atoms with van der Waals surface area (Å²) in [6.45, 7) is 4.90. The lowest BCUT2D eigenvalue weighted by molar-refractivity contribution is 0.0941. The van der Waals surface area contributed by atoms with Crippen molar-refractivity contribution in [1.82, 2.24) is 0 Å². The van der Waals surface area contributed by atoms with Crippen LogP contribution in [0.15, 0.2) is 24.3 Å². The number of carbonyl (C=O) groups excluding carboxylic acids is 1. The molecular formula is C21H32O2. The van der Waals surface area contributed by atoms with Gasteiger partial charge in [-0.1, -0.05) is 45.4 Å². The van der Waals surface area contributed by atoms with Gasteiger partial charge in [0, 0.05) is 12.0 Å². The summed E-state index contributed by atoms with van der Waals surface area (Å²) in [6.07, 6.45) is 11.3. The molecule has 1 aliphatic rings. The van der Waals surface area contributed by atoms with E-state index >= 15 is 0 Å². The van der Waals surface area contributed by atoms with Crippen LogP contribution in [-0.2, 0) is 0 Å². The van der Waals surface area contributed by atoms with E-state index in [1.807, 2.05) is 31.2 Å². The number of benzene rings is 1. The second kappa shape index (κ2) is 9.75. The van der Waals surface area contributed by atoms with E-state index in [-0.39, 0.29) is 0 Å². The van der Waals surface area contributed by atoms with Crippen LogP contribution in [0.25, 0.3) is 0 Å². The minimum Gasteiger partial charge on any atom is -0.494 e. The average molecular weight is 316 g/mol. The van der Waals surface area contributed by atoms with Crippen molar-refractivity contribution in [3.05, 3.63) is 29.8 Å². The highest BCUT2D eigenvalue weighted by molar-refractivity contribution is 5.96. The van der Waals surface area contributed by atoms with Crippen molar-refractivity contribution < 1.29 is 9.53 Å². The summed E-state index contributed by atoms with van der Waals surface area (Å²) in [7, 11) is 0. The first-order valence-corrected chi connectivity index (χ1v) is 9.49. The van der Waals surface area contributed by atoms with Crippen LogP contribution in [-0.4, -0.2) is 12.4 Å². The van der Waals surface area contributed by atoms with Crippen molar-refractivity contribution in [2.24, 2.45) is 11.8 Å². The number of carbonyl (C=O) groups is 1. The zero-order valence-electron chi connectivity index (χ0n) is 14.9. The number of hydrogen-bond acceptors (Lipinski definition) is 2. The van der Waals surface area contributed by atoms with Gasteiger partial charge in [-0.2, -0.15) is 0 Å². The SMILES string of the molecule is CCCCCC1CCC(CC(=O)c2ccc(OCC)cc2)CC1. The molecule has 1 fully saturated rings. The third-order valence-electron chi connectivity index (χ3n) is 5.14. The number of ketones is 1. The van der Waals surface area contributed by atoms with Crippen molar-refractivity contribution in [2.75, 3.05) is 6.61 Å². The fraction of sp³-hybridized carbons (Fsp3) is 0.667. The van der Waals surface area contributed by atoms with Gasteiger partial charge >= 0.3 is 0 Å². The molecule has 2 rings (SSSR count). The van der Waals surface area contributed by atoms with E-state index in [0.29, 0.717) is 18.3 Å². The minimum absolute atomic E-state index is 0.294. The van der Waals surface area contributed by atoms with E-state index < -0.39 is 0 Å². The topological polar surface area (TPSA) is 26.3 Å². The highest BCUT2D eigenvalue weighted by Gasteiger charge is 2.23. The Balaban J connectivity index is 1.74. The molecule has 0 aliphatic heterocycles. The largest absolute Gasteiger partial charge is 0.494 e. The van der Waals surface area contributed by atoms with Gasteiger partial charge in [0.1, 0.15) is 5.75 Å². The molecule has 2 nitrogen and oxygen atoms in total. The van der Waals surface area contributed by atoms with Crippen LogP contribution in [0.5, 0.6) is 5.75 Å². The van der Waals surface area contributed by atoms with Gasteiger partial charge in [-0.15, -0.1) is 0 Å². The van der Waals surface area contributed by atoms with Gasteiger partial charge in [0.2, 0.25) is 0 Å². The number of Topliss-reactive ketones (excluding diaryl/α,β-unsaturated/α-hetero) is 1. The molecule has 0 heterocycles. The van der Waals surface area contributed by atoms with Crippen molar-refractivity contribution >= 4 is 5.78 Å². The Bertz CT molecular complexity index is 455. The Morgan fingerprint density at radius 2 is 1.65 bits per heavy atom. The van der Waals surface area contributed by atoms with Crippen molar-refractivity contribution in [2.45, 2.75) is 71.6 Å². The van der Waals surface area contributed by atoms with Crippen LogP contribution >= 0.6 is 0 Å². The molecule has 0 radical (unpaired) electrons. The molecule has 0 amide bonds. The van der Waals surface area contributed by atoms with Crippen LogP contribution < -0.4 is 4.74 Å². The minimum atomic E-state index is 0.294. The molecule has 0 aromatic heterocycles. The first-order valence-electron chi connectivity index (χ1n) is 9.49. The molecule has 1 aromatic rings. The monoisotopic (exact) mass is 316 g/mol. The second-order valence-corrected chi connectivity index (χ2v) is 6.97. The van der Waals surface area contributed by atoms with E-state index in [2.05, 4.69) is 6.92 Å². The predicted molar refractivity (Wildman–Crippen MR) is 96.1 cm³/mol. The molecule has 1 aliphatic carbocycles. The first-order chi connectivity index (χ1) is 11.2. The van der Waals surface area contributed by atoms with E-state index in [9.17, 15) is 4.79 Å². The number of ether oxygens (including phenoxy) is 1. The maximum atomic E-state index is 12.4. The van der Waals surface area contributed by atoms with Crippen molar-refractivity contribution in [3.8, 4) is 5.75 Å². The molecule has 23 heavy (non-hydrogen) atoms. The van der Waals surface area contributed by atoms with E-state index in [1.54, 1.807) is 0 Å². The summed E-state index contributed by atoms with van der Waals surface area (Å²) in [5.41, 5.74) is 0.832. The van der Waals surface area contributed by atoms with Crippen molar-refractivity contribution in [3.63, 3.8) is 0 Å². The summed E-state index contributed by atoms with van der Waals surface area (Å²) in [5, 5.41) is 0. The summed E-state index contributed by atoms with van der Waals surface area (Å²) in [4.78, 5) is 12.4. The normalized spacial score (nSPS) is 21.1. The fourth-order valence-corrected chi connectivity index (χ4v) is 3.69. The lowest BCUT2D eigenvalue weighted by Gasteiger charge is -2.28. The zero-order valence-corrected chi connectivity index (χ0v) is 14.9. The highest BCUT2D eigenvalue weighted by Crippen LogP contribution is 2.34. The first kappa shape index (κ1) is 18.0. The predicted octanol–water partition coefficient (Wildman–Crippen LogP) is 6.04. The number of rotatable bonds is 9. The molecule has 0 unspecified atom stereocenters. The third kappa shape index (κ3) is 6.01. The van der Waals surface area contributed by atoms with Gasteiger partial charge in [0.05, 0.1) is 6.61 Å². The van der Waals surface area contributed by atoms with Gasteiger partial charge < -0.3 is 4.74 Å². The fourth-order valence-electron chi connectivity index (χ4n) is 3.69. The summed E-state index contributed by atoms with van der Waals surface area (Å²) >= 11 is 0. The van der Waals surface area contributed by atoms with Crippen LogP contribution in [0.2, 0.25) is 0 Å². The maximum absolute atomic E-state index is 12.4. The lowest BCUT2D eigenvalue weighted by Crippen LogP contribution is -2.17. The number of unbranched alkanes of at least 4 members (excludes halogenated alkanes) is 2. The molecule has 0 saturated heterocycles. The standard InChI is InChI=1S/C21H32O2/c1-3-5-6-7-17-8-10-18(11-9-17)16-21(22)19-12-14-20(15-13-19)23-4-2/h12-15,17-18H,3-11,16H2,1-2H3. The molecule has 0 atom stereocenters. The van der Waals surface area contributed by atoms with Gasteiger partial charge in [-0.25, -0.2) is 0 Å². The van der Waals surface area contributed by atoms with Crippen LogP contribution in [0, 0.1) is 11.8 Å². The van der Waals surface area contributed by atoms with Crippen LogP contribution in [0.3, 0.4) is 0 Å². The smallest absolute Gasteiger partial charge is 0.163 e. The molecule has 0 spiro atoms. The second-order valence-electron chi connectivity index (χ2n) is 6.97. The number of hydrogen-bond donors (Lipinski definition) is 0. The summed E-state index contributed by atoms with van der Waals surface area (Å²) < 4.78 is 5.43. The molecule has 0 bridgehead atoms. The average Bonchev–Trinajstić information content (AvgIpc) is 2.57. The molecule has 0 N–H and O–H groups in total. The van der Waals surface area contributed by atoms with E-state index in [0.717, 1.165) is 23.7 Å². The summed E-state index contributed by atoms with van der Waals surface area (Å²) in [5.74, 6) is 2.65. The molecular weight excluding hydrogens is 284 g/mol. The maximum Gasteiger partial charge on any atom is 0.163 e. The Kier molecular flexibility index (Phi) is 7.64. The highest BCUT2D eigenvalue weighted by atomic mass is 16.5. The Labute approximate surface area is 141 Å².